The van der Waals surface area contributed by atoms with Gasteiger partial charge in [0.25, 0.3) is 0 Å². The highest BCUT2D eigenvalue weighted by molar-refractivity contribution is 6.38. The lowest BCUT2D eigenvalue weighted by Crippen LogP contribution is -2.34. The molecule has 1 heterocycles. The molecular formula is C14H20Cl2N2O. The summed E-state index contributed by atoms with van der Waals surface area (Å²) in [6.07, 6.45) is 2.37. The summed E-state index contributed by atoms with van der Waals surface area (Å²) >= 11 is 12.1. The smallest absolute Gasteiger partial charge is 0.0693 e. The first-order chi connectivity index (χ1) is 9.10. The van der Waals surface area contributed by atoms with Gasteiger partial charge in [0.1, 0.15) is 0 Å². The second-order valence-corrected chi connectivity index (χ2v) is 5.96. The molecule has 0 atom stereocenters. The summed E-state index contributed by atoms with van der Waals surface area (Å²) in [6.45, 7) is 3.92. The zero-order valence-corrected chi connectivity index (χ0v) is 12.7. The molecule has 19 heavy (non-hydrogen) atoms. The number of nitrogens with two attached hydrogens (primary N) is 1. The average molecular weight is 303 g/mol. The molecule has 1 fully saturated rings. The lowest BCUT2D eigenvalue weighted by Gasteiger charge is -2.31. The molecule has 2 rings (SSSR count). The zero-order chi connectivity index (χ0) is 13.8. The third-order valence-electron chi connectivity index (χ3n) is 3.65. The van der Waals surface area contributed by atoms with Crippen LogP contribution in [0.1, 0.15) is 18.4 Å². The van der Waals surface area contributed by atoms with Gasteiger partial charge in [-0.2, -0.15) is 0 Å². The van der Waals surface area contributed by atoms with Gasteiger partial charge in [-0.15, -0.1) is 0 Å². The molecule has 0 radical (unpaired) electrons. The van der Waals surface area contributed by atoms with Gasteiger partial charge >= 0.3 is 0 Å². The van der Waals surface area contributed by atoms with E-state index in [0.717, 1.165) is 31.8 Å². The van der Waals surface area contributed by atoms with E-state index >= 15 is 0 Å². The van der Waals surface area contributed by atoms with Crippen molar-refractivity contribution < 1.29 is 4.74 Å². The molecule has 3 nitrogen and oxygen atoms in total. The van der Waals surface area contributed by atoms with E-state index in [-0.39, 0.29) is 0 Å². The van der Waals surface area contributed by atoms with Crippen LogP contribution in [0.25, 0.3) is 0 Å². The van der Waals surface area contributed by atoms with Crippen LogP contribution in [0.2, 0.25) is 10.0 Å². The molecule has 0 saturated carbocycles. The maximum Gasteiger partial charge on any atom is 0.0693 e. The summed E-state index contributed by atoms with van der Waals surface area (Å²) in [5, 5.41) is 1.08. The lowest BCUT2D eigenvalue weighted by molar-refractivity contribution is 0.0968. The van der Waals surface area contributed by atoms with Crippen molar-refractivity contribution in [3.05, 3.63) is 27.7 Å². The summed E-state index contributed by atoms with van der Waals surface area (Å²) in [5.41, 5.74) is 7.33. The molecule has 106 valence electrons. The monoisotopic (exact) mass is 302 g/mol. The van der Waals surface area contributed by atoms with E-state index in [0.29, 0.717) is 21.7 Å². The van der Waals surface area contributed by atoms with Crippen molar-refractivity contribution in [3.63, 3.8) is 0 Å². The van der Waals surface area contributed by atoms with Crippen molar-refractivity contribution in [3.8, 4) is 0 Å². The Hall–Kier alpha value is -0.480. The molecular weight excluding hydrogens is 283 g/mol. The fourth-order valence-corrected chi connectivity index (χ4v) is 3.07. The summed E-state index contributed by atoms with van der Waals surface area (Å²) in [4.78, 5) is 2.42. The molecule has 2 N–H and O–H groups in total. The van der Waals surface area contributed by atoms with Gasteiger partial charge in [-0.25, -0.2) is 0 Å². The minimum absolute atomic E-state index is 0.464. The predicted octanol–water partition coefficient (Wildman–Crippen LogP) is 3.43. The Morgan fingerprint density at radius 1 is 1.26 bits per heavy atom. The van der Waals surface area contributed by atoms with Gasteiger partial charge in [0.05, 0.1) is 15.7 Å². The highest BCUT2D eigenvalue weighted by Gasteiger charge is 2.19. The lowest BCUT2D eigenvalue weighted by atomic mass is 9.97. The molecule has 1 aromatic rings. The number of ether oxygens (including phenoxy) is 1. The number of nitrogens with zero attached hydrogens (tertiary/aromatic N) is 1. The first-order valence-corrected chi connectivity index (χ1v) is 7.30. The van der Waals surface area contributed by atoms with Crippen LogP contribution in [0.4, 0.5) is 5.69 Å². The maximum absolute atomic E-state index is 6.06. The molecule has 1 aliphatic heterocycles. The molecule has 1 saturated heterocycles. The topological polar surface area (TPSA) is 38.5 Å². The van der Waals surface area contributed by atoms with Crippen molar-refractivity contribution >= 4 is 28.9 Å². The van der Waals surface area contributed by atoms with E-state index < -0.39 is 0 Å². The first kappa shape index (κ1) is 14.9. The standard InChI is InChI=1S/C14H20Cl2N2O/c1-19-9-10-2-4-18(5-3-10)8-11-6-12(15)14(17)13(16)7-11/h6-7,10H,2-5,8-9,17H2,1H3. The Morgan fingerprint density at radius 3 is 2.37 bits per heavy atom. The quantitative estimate of drug-likeness (QED) is 0.866. The predicted molar refractivity (Wildman–Crippen MR) is 80.8 cm³/mol. The van der Waals surface area contributed by atoms with Crippen molar-refractivity contribution in [1.82, 2.24) is 4.90 Å². The van der Waals surface area contributed by atoms with E-state index in [2.05, 4.69) is 4.90 Å². The van der Waals surface area contributed by atoms with Crippen LogP contribution in [-0.4, -0.2) is 31.7 Å². The number of rotatable bonds is 4. The number of anilines is 1. The SMILES string of the molecule is COCC1CCN(Cc2cc(Cl)c(N)c(Cl)c2)CC1. The summed E-state index contributed by atoms with van der Waals surface area (Å²) in [5.74, 6) is 0.694. The number of halogens is 2. The third-order valence-corrected chi connectivity index (χ3v) is 4.28. The Kier molecular flexibility index (Phi) is 5.34. The van der Waals surface area contributed by atoms with Gasteiger partial charge in [0.2, 0.25) is 0 Å². The van der Waals surface area contributed by atoms with Crippen molar-refractivity contribution in [2.45, 2.75) is 19.4 Å². The van der Waals surface area contributed by atoms with Crippen LogP contribution < -0.4 is 5.73 Å². The molecule has 0 spiro atoms. The van der Waals surface area contributed by atoms with Gasteiger partial charge in [0.15, 0.2) is 0 Å². The van der Waals surface area contributed by atoms with E-state index in [9.17, 15) is 0 Å². The van der Waals surface area contributed by atoms with Crippen LogP contribution in [0.15, 0.2) is 12.1 Å². The fourth-order valence-electron chi connectivity index (χ4n) is 2.53. The molecule has 5 heteroatoms. The molecule has 1 aliphatic rings. The Morgan fingerprint density at radius 2 is 1.84 bits per heavy atom. The van der Waals surface area contributed by atoms with Crippen LogP contribution in [0, 0.1) is 5.92 Å². The Balaban J connectivity index is 1.92. The van der Waals surface area contributed by atoms with Gasteiger partial charge in [-0.1, -0.05) is 23.2 Å². The number of hydrogen-bond donors (Lipinski definition) is 1. The van der Waals surface area contributed by atoms with Crippen molar-refractivity contribution in [2.24, 2.45) is 5.92 Å². The van der Waals surface area contributed by atoms with Crippen LogP contribution >= 0.6 is 23.2 Å². The van der Waals surface area contributed by atoms with Crippen molar-refractivity contribution in [1.29, 1.82) is 0 Å². The summed E-state index contributed by atoms with van der Waals surface area (Å²) in [6, 6.07) is 3.81. The van der Waals surface area contributed by atoms with Crippen molar-refractivity contribution in [2.75, 3.05) is 32.5 Å². The van der Waals surface area contributed by atoms with Crippen LogP contribution in [0.5, 0.6) is 0 Å². The van der Waals surface area contributed by atoms with Gasteiger partial charge in [0, 0.05) is 20.3 Å². The molecule has 0 amide bonds. The molecule has 0 aliphatic carbocycles. The van der Waals surface area contributed by atoms with Gasteiger partial charge in [-0.05, 0) is 49.5 Å². The first-order valence-electron chi connectivity index (χ1n) is 6.55. The van der Waals surface area contributed by atoms with Crippen LogP contribution in [0.3, 0.4) is 0 Å². The minimum Gasteiger partial charge on any atom is -0.396 e. The minimum atomic E-state index is 0.464. The number of piperidine rings is 1. The van der Waals surface area contributed by atoms with E-state index in [1.807, 2.05) is 12.1 Å². The highest BCUT2D eigenvalue weighted by Crippen LogP contribution is 2.30. The van der Waals surface area contributed by atoms with Gasteiger partial charge < -0.3 is 10.5 Å². The summed E-state index contributed by atoms with van der Waals surface area (Å²) in [7, 11) is 1.77. The second-order valence-electron chi connectivity index (χ2n) is 5.15. The normalized spacial score (nSPS) is 17.8. The number of nitrogen functional groups attached to an aromatic ring is 1. The largest absolute Gasteiger partial charge is 0.396 e. The average Bonchev–Trinajstić information content (AvgIpc) is 2.38. The molecule has 1 aromatic carbocycles. The fraction of sp³-hybridized carbons (Fsp3) is 0.571. The maximum atomic E-state index is 6.06. The van der Waals surface area contributed by atoms with E-state index in [1.54, 1.807) is 7.11 Å². The molecule has 0 aromatic heterocycles. The molecule has 0 unspecified atom stereocenters. The Labute approximate surface area is 124 Å². The number of methoxy groups -OCH3 is 1. The highest BCUT2D eigenvalue weighted by atomic mass is 35.5. The number of benzene rings is 1. The van der Waals surface area contributed by atoms with Gasteiger partial charge in [-0.3, -0.25) is 4.90 Å². The van der Waals surface area contributed by atoms with Crippen LogP contribution in [-0.2, 0) is 11.3 Å². The number of hydrogen-bond acceptors (Lipinski definition) is 3. The molecule has 0 bridgehead atoms. The van der Waals surface area contributed by atoms with E-state index in [1.165, 1.54) is 12.8 Å². The third kappa shape index (κ3) is 3.99. The second kappa shape index (κ2) is 6.80. The zero-order valence-electron chi connectivity index (χ0n) is 11.2. The summed E-state index contributed by atoms with van der Waals surface area (Å²) < 4.78 is 5.21. The van der Waals surface area contributed by atoms with E-state index in [4.69, 9.17) is 33.7 Å². The Bertz CT molecular complexity index is 408. The number of likely N-dealkylation sites (tertiary alicyclic amines) is 1.